The Bertz CT molecular complexity index is 838. The molecule has 1 atom stereocenters. The van der Waals surface area contributed by atoms with E-state index in [1.165, 1.54) is 11.3 Å². The molecule has 0 spiro atoms. The van der Waals surface area contributed by atoms with Crippen molar-refractivity contribution in [1.29, 1.82) is 0 Å². The van der Waals surface area contributed by atoms with Gasteiger partial charge in [0.2, 0.25) is 5.13 Å². The van der Waals surface area contributed by atoms with Crippen LogP contribution in [0.2, 0.25) is 0 Å². The van der Waals surface area contributed by atoms with Gasteiger partial charge < -0.3 is 15.0 Å². The van der Waals surface area contributed by atoms with Crippen LogP contribution >= 0.6 is 11.3 Å². The van der Waals surface area contributed by atoms with Crippen LogP contribution in [0.3, 0.4) is 0 Å². The predicted octanol–water partition coefficient (Wildman–Crippen LogP) is 2.83. The Hall–Kier alpha value is -2.58. The minimum absolute atomic E-state index is 0.248. The number of nitrogens with one attached hydrogen (secondary N) is 1. The van der Waals surface area contributed by atoms with Crippen LogP contribution in [-0.4, -0.2) is 46.0 Å². The van der Waals surface area contributed by atoms with Gasteiger partial charge >= 0.3 is 0 Å². The topological polar surface area (TPSA) is 76.1 Å². The van der Waals surface area contributed by atoms with Gasteiger partial charge in [-0.1, -0.05) is 23.5 Å². The fourth-order valence-corrected chi connectivity index (χ4v) is 3.52. The number of aromatic nitrogens is 4. The molecular formula is C18H20N6OS. The lowest BCUT2D eigenvalue weighted by atomic mass is 10.2. The quantitative estimate of drug-likeness (QED) is 0.742. The molecule has 0 bridgehead atoms. The van der Waals surface area contributed by atoms with Crippen LogP contribution in [0.5, 0.6) is 0 Å². The van der Waals surface area contributed by atoms with Crippen molar-refractivity contribution >= 4 is 22.3 Å². The van der Waals surface area contributed by atoms with E-state index in [4.69, 9.17) is 4.74 Å². The highest BCUT2D eigenvalue weighted by Gasteiger charge is 2.17. The summed E-state index contributed by atoms with van der Waals surface area (Å²) in [5.74, 6) is 0.997. The van der Waals surface area contributed by atoms with E-state index in [0.29, 0.717) is 6.54 Å². The van der Waals surface area contributed by atoms with Crippen LogP contribution in [0, 0.1) is 0 Å². The number of morpholine rings is 1. The van der Waals surface area contributed by atoms with Crippen molar-refractivity contribution in [2.75, 3.05) is 29.9 Å². The molecule has 134 valence electrons. The van der Waals surface area contributed by atoms with Crippen LogP contribution in [-0.2, 0) is 11.3 Å². The molecule has 1 aliphatic heterocycles. The highest BCUT2D eigenvalue weighted by Crippen LogP contribution is 2.24. The zero-order valence-corrected chi connectivity index (χ0v) is 15.3. The third-order valence-electron chi connectivity index (χ3n) is 4.13. The van der Waals surface area contributed by atoms with E-state index in [0.717, 1.165) is 46.9 Å². The summed E-state index contributed by atoms with van der Waals surface area (Å²) in [5, 5.41) is 13.3. The molecule has 0 aliphatic carbocycles. The molecule has 1 saturated heterocycles. The van der Waals surface area contributed by atoms with Crippen molar-refractivity contribution in [3.63, 3.8) is 0 Å². The Morgan fingerprint density at radius 3 is 2.96 bits per heavy atom. The normalized spacial score (nSPS) is 17.3. The smallest absolute Gasteiger partial charge is 0.206 e. The summed E-state index contributed by atoms with van der Waals surface area (Å²) in [6.45, 7) is 5.26. The van der Waals surface area contributed by atoms with E-state index >= 15 is 0 Å². The Kier molecular flexibility index (Phi) is 5.03. The fraction of sp³-hybridized carbons (Fsp3) is 0.333. The van der Waals surface area contributed by atoms with Gasteiger partial charge in [0, 0.05) is 32.0 Å². The second kappa shape index (κ2) is 7.76. The number of pyridine rings is 2. The van der Waals surface area contributed by atoms with Crippen LogP contribution in [0.1, 0.15) is 12.5 Å². The van der Waals surface area contributed by atoms with Crippen LogP contribution in [0.15, 0.2) is 42.7 Å². The monoisotopic (exact) mass is 368 g/mol. The van der Waals surface area contributed by atoms with Crippen molar-refractivity contribution in [3.8, 4) is 10.7 Å². The van der Waals surface area contributed by atoms with E-state index in [2.05, 4.69) is 49.4 Å². The van der Waals surface area contributed by atoms with Crippen molar-refractivity contribution in [1.82, 2.24) is 20.2 Å². The summed E-state index contributed by atoms with van der Waals surface area (Å²) in [5.41, 5.74) is 1.94. The Labute approximate surface area is 156 Å². The molecule has 8 heteroatoms. The lowest BCUT2D eigenvalue weighted by Crippen LogP contribution is -2.41. The molecule has 1 unspecified atom stereocenters. The molecule has 1 fully saturated rings. The van der Waals surface area contributed by atoms with Crippen LogP contribution < -0.4 is 10.2 Å². The van der Waals surface area contributed by atoms with Gasteiger partial charge in [-0.25, -0.2) is 4.98 Å². The molecular weight excluding hydrogens is 348 g/mol. The van der Waals surface area contributed by atoms with E-state index in [9.17, 15) is 0 Å². The minimum Gasteiger partial charge on any atom is -0.375 e. The Morgan fingerprint density at radius 2 is 2.19 bits per heavy atom. The maximum Gasteiger partial charge on any atom is 0.206 e. The van der Waals surface area contributed by atoms with E-state index in [1.807, 2.05) is 24.4 Å². The third-order valence-corrected chi connectivity index (χ3v) is 5.03. The SMILES string of the molecule is CC1CN(c2ccc(CNc3nnc(-c4ccccn4)s3)cn2)CCO1. The number of rotatable bonds is 5. The average molecular weight is 368 g/mol. The van der Waals surface area contributed by atoms with E-state index < -0.39 is 0 Å². The van der Waals surface area contributed by atoms with Gasteiger partial charge in [0.25, 0.3) is 0 Å². The summed E-state index contributed by atoms with van der Waals surface area (Å²) >= 11 is 1.49. The van der Waals surface area contributed by atoms with Crippen LogP contribution in [0.4, 0.5) is 10.9 Å². The van der Waals surface area contributed by atoms with Crippen molar-refractivity contribution in [2.24, 2.45) is 0 Å². The number of hydrogen-bond acceptors (Lipinski definition) is 8. The molecule has 4 rings (SSSR count). The minimum atomic E-state index is 0.248. The number of nitrogens with zero attached hydrogens (tertiary/aromatic N) is 5. The molecule has 0 radical (unpaired) electrons. The van der Waals surface area contributed by atoms with Gasteiger partial charge in [-0.15, -0.1) is 10.2 Å². The highest BCUT2D eigenvalue weighted by molar-refractivity contribution is 7.18. The molecule has 7 nitrogen and oxygen atoms in total. The second-order valence-corrected chi connectivity index (χ2v) is 7.11. The van der Waals surface area contributed by atoms with Crippen molar-refractivity contribution in [2.45, 2.75) is 19.6 Å². The maximum absolute atomic E-state index is 5.58. The van der Waals surface area contributed by atoms with Gasteiger partial charge in [0.15, 0.2) is 5.01 Å². The molecule has 26 heavy (non-hydrogen) atoms. The zero-order valence-electron chi connectivity index (χ0n) is 14.5. The summed E-state index contributed by atoms with van der Waals surface area (Å²) in [4.78, 5) is 11.1. The van der Waals surface area contributed by atoms with E-state index in [-0.39, 0.29) is 6.10 Å². The van der Waals surface area contributed by atoms with Gasteiger partial charge in [-0.3, -0.25) is 4.98 Å². The summed E-state index contributed by atoms with van der Waals surface area (Å²) in [6, 6.07) is 9.92. The first-order valence-electron chi connectivity index (χ1n) is 8.58. The molecule has 0 aromatic carbocycles. The molecule has 0 saturated carbocycles. The van der Waals surface area contributed by atoms with Crippen LogP contribution in [0.25, 0.3) is 10.7 Å². The lowest BCUT2D eigenvalue weighted by Gasteiger charge is -2.32. The van der Waals surface area contributed by atoms with Crippen molar-refractivity contribution in [3.05, 3.63) is 48.3 Å². The first kappa shape index (κ1) is 16.9. The molecule has 4 heterocycles. The Morgan fingerprint density at radius 1 is 1.23 bits per heavy atom. The van der Waals surface area contributed by atoms with Gasteiger partial charge in [-0.05, 0) is 30.7 Å². The first-order chi connectivity index (χ1) is 12.8. The average Bonchev–Trinajstić information content (AvgIpc) is 3.17. The van der Waals surface area contributed by atoms with Gasteiger partial charge in [0.1, 0.15) is 11.5 Å². The van der Waals surface area contributed by atoms with Gasteiger partial charge in [-0.2, -0.15) is 0 Å². The summed E-state index contributed by atoms with van der Waals surface area (Å²) < 4.78 is 5.58. The second-order valence-electron chi connectivity index (χ2n) is 6.13. The summed E-state index contributed by atoms with van der Waals surface area (Å²) in [7, 11) is 0. The van der Waals surface area contributed by atoms with E-state index in [1.54, 1.807) is 6.20 Å². The molecule has 1 N–H and O–H groups in total. The highest BCUT2D eigenvalue weighted by atomic mass is 32.1. The molecule has 3 aromatic rings. The Balaban J connectivity index is 1.36. The number of hydrogen-bond donors (Lipinski definition) is 1. The largest absolute Gasteiger partial charge is 0.375 e. The van der Waals surface area contributed by atoms with Gasteiger partial charge in [0.05, 0.1) is 12.7 Å². The fourth-order valence-electron chi connectivity index (χ4n) is 2.80. The first-order valence-corrected chi connectivity index (χ1v) is 9.40. The lowest BCUT2D eigenvalue weighted by molar-refractivity contribution is 0.0529. The third kappa shape index (κ3) is 3.97. The standard InChI is InChI=1S/C18H20N6OS/c1-13-12-24(8-9-25-13)16-6-5-14(10-20-16)11-21-18-23-22-17(26-18)15-4-2-3-7-19-15/h2-7,10,13H,8-9,11-12H2,1H3,(H,21,23). The molecule has 3 aromatic heterocycles. The number of anilines is 2. The number of ether oxygens (including phenoxy) is 1. The predicted molar refractivity (Wildman–Crippen MR) is 102 cm³/mol. The van der Waals surface area contributed by atoms with Crippen molar-refractivity contribution < 1.29 is 4.74 Å². The zero-order chi connectivity index (χ0) is 17.8. The molecule has 1 aliphatic rings. The summed E-state index contributed by atoms with van der Waals surface area (Å²) in [6.07, 6.45) is 3.91. The maximum atomic E-state index is 5.58. The molecule has 0 amide bonds.